The number of pyridine rings is 1. The van der Waals surface area contributed by atoms with E-state index >= 15 is 0 Å². The van der Waals surface area contributed by atoms with E-state index in [0.29, 0.717) is 18.2 Å². The van der Waals surface area contributed by atoms with Crippen LogP contribution in [0.15, 0.2) is 54.9 Å². The fraction of sp³-hybridized carbons (Fsp3) is 0.273. The molecule has 6 heteroatoms. The molecular weight excluding hydrogens is 350 g/mol. The van der Waals surface area contributed by atoms with E-state index in [4.69, 9.17) is 0 Å². The summed E-state index contributed by atoms with van der Waals surface area (Å²) in [5.74, 6) is 0.157. The van der Waals surface area contributed by atoms with Crippen LogP contribution in [0.4, 0.5) is 11.6 Å². The van der Waals surface area contributed by atoms with E-state index < -0.39 is 0 Å². The second-order valence-corrected chi connectivity index (χ2v) is 7.68. The van der Waals surface area contributed by atoms with Gasteiger partial charge in [0.25, 0.3) is 5.91 Å². The van der Waals surface area contributed by atoms with Crippen LogP contribution in [0, 0.1) is 6.92 Å². The first-order valence-electron chi connectivity index (χ1n) is 9.22. The molecule has 6 nitrogen and oxygen atoms in total. The molecule has 0 bridgehead atoms. The lowest BCUT2D eigenvalue weighted by molar-refractivity contribution is 0.102. The van der Waals surface area contributed by atoms with Crippen LogP contribution in [-0.2, 0) is 12.0 Å². The first-order chi connectivity index (χ1) is 13.3. The first-order valence-corrected chi connectivity index (χ1v) is 9.22. The lowest BCUT2D eigenvalue weighted by atomic mass is 9.86. The molecule has 0 aliphatic heterocycles. The standard InChI is InChI=1S/C22H25N5O/c1-15-12-19(27-21(25-15)24-14-16-8-7-11-23-13-16)20(28)26-18-10-6-5-9-17(18)22(2,3)4/h5-13H,14H2,1-4H3,(H,26,28)(H,24,25,27). The summed E-state index contributed by atoms with van der Waals surface area (Å²) in [6.07, 6.45) is 3.50. The summed E-state index contributed by atoms with van der Waals surface area (Å²) in [4.78, 5) is 25.7. The van der Waals surface area contributed by atoms with Gasteiger partial charge in [-0.1, -0.05) is 45.0 Å². The van der Waals surface area contributed by atoms with Gasteiger partial charge in [0.15, 0.2) is 0 Å². The number of hydrogen-bond donors (Lipinski definition) is 2. The van der Waals surface area contributed by atoms with Gasteiger partial charge >= 0.3 is 0 Å². The van der Waals surface area contributed by atoms with Gasteiger partial charge in [0, 0.05) is 30.3 Å². The summed E-state index contributed by atoms with van der Waals surface area (Å²) in [6, 6.07) is 13.4. The summed E-state index contributed by atoms with van der Waals surface area (Å²) in [5, 5.41) is 6.15. The zero-order valence-electron chi connectivity index (χ0n) is 16.7. The number of nitrogens with one attached hydrogen (secondary N) is 2. The number of carbonyl (C=O) groups is 1. The first kappa shape index (κ1) is 19.5. The molecule has 28 heavy (non-hydrogen) atoms. The van der Waals surface area contributed by atoms with E-state index in [1.165, 1.54) is 0 Å². The van der Waals surface area contributed by atoms with Crippen molar-refractivity contribution in [2.45, 2.75) is 39.7 Å². The van der Waals surface area contributed by atoms with Gasteiger partial charge in [-0.25, -0.2) is 9.97 Å². The van der Waals surface area contributed by atoms with Gasteiger partial charge in [-0.2, -0.15) is 0 Å². The highest BCUT2D eigenvalue weighted by atomic mass is 16.1. The minimum Gasteiger partial charge on any atom is -0.350 e. The molecule has 2 heterocycles. The summed E-state index contributed by atoms with van der Waals surface area (Å²) in [6.45, 7) is 8.73. The fourth-order valence-corrected chi connectivity index (χ4v) is 2.88. The second-order valence-electron chi connectivity index (χ2n) is 7.68. The van der Waals surface area contributed by atoms with Crippen molar-refractivity contribution in [1.82, 2.24) is 15.0 Å². The van der Waals surface area contributed by atoms with Gasteiger partial charge in [-0.3, -0.25) is 9.78 Å². The Hall–Kier alpha value is -3.28. The number of para-hydroxylation sites is 1. The van der Waals surface area contributed by atoms with Crippen molar-refractivity contribution in [3.63, 3.8) is 0 Å². The topological polar surface area (TPSA) is 79.8 Å². The molecular formula is C22H25N5O. The highest BCUT2D eigenvalue weighted by Gasteiger charge is 2.19. The van der Waals surface area contributed by atoms with Crippen molar-refractivity contribution in [2.75, 3.05) is 10.6 Å². The largest absolute Gasteiger partial charge is 0.350 e. The number of amides is 1. The smallest absolute Gasteiger partial charge is 0.274 e. The molecule has 144 valence electrons. The quantitative estimate of drug-likeness (QED) is 0.693. The molecule has 0 saturated carbocycles. The molecule has 2 N–H and O–H groups in total. The van der Waals surface area contributed by atoms with Gasteiger partial charge in [0.1, 0.15) is 5.69 Å². The van der Waals surface area contributed by atoms with Crippen LogP contribution in [0.25, 0.3) is 0 Å². The maximum absolute atomic E-state index is 12.8. The van der Waals surface area contributed by atoms with Gasteiger partial charge in [0.05, 0.1) is 0 Å². The van der Waals surface area contributed by atoms with E-state index in [0.717, 1.165) is 22.5 Å². The van der Waals surface area contributed by atoms with Crippen LogP contribution in [0.2, 0.25) is 0 Å². The highest BCUT2D eigenvalue weighted by molar-refractivity contribution is 6.03. The van der Waals surface area contributed by atoms with Gasteiger partial charge in [-0.15, -0.1) is 0 Å². The summed E-state index contributed by atoms with van der Waals surface area (Å²) < 4.78 is 0. The predicted molar refractivity (Wildman–Crippen MR) is 111 cm³/mol. The molecule has 1 aromatic carbocycles. The maximum Gasteiger partial charge on any atom is 0.274 e. The Kier molecular flexibility index (Phi) is 5.68. The molecule has 0 aliphatic carbocycles. The molecule has 0 fully saturated rings. The lowest BCUT2D eigenvalue weighted by Gasteiger charge is -2.23. The van der Waals surface area contributed by atoms with Gasteiger partial charge < -0.3 is 10.6 Å². The van der Waals surface area contributed by atoms with Gasteiger partial charge in [0.2, 0.25) is 5.95 Å². The van der Waals surface area contributed by atoms with Crippen LogP contribution in [0.3, 0.4) is 0 Å². The third-order valence-corrected chi connectivity index (χ3v) is 4.24. The molecule has 0 saturated heterocycles. The molecule has 0 atom stereocenters. The molecule has 2 aromatic heterocycles. The van der Waals surface area contributed by atoms with Crippen LogP contribution in [0.1, 0.15) is 48.1 Å². The normalized spacial score (nSPS) is 11.1. The van der Waals surface area contributed by atoms with Crippen LogP contribution < -0.4 is 10.6 Å². The average Bonchev–Trinajstić information content (AvgIpc) is 2.66. The van der Waals surface area contributed by atoms with E-state index in [2.05, 4.69) is 46.4 Å². The van der Waals surface area contributed by atoms with E-state index in [1.807, 2.05) is 43.3 Å². The number of carbonyl (C=O) groups excluding carboxylic acids is 1. The zero-order valence-corrected chi connectivity index (χ0v) is 16.7. The lowest BCUT2D eigenvalue weighted by Crippen LogP contribution is -2.20. The van der Waals surface area contributed by atoms with Crippen molar-refractivity contribution < 1.29 is 4.79 Å². The summed E-state index contributed by atoms with van der Waals surface area (Å²) >= 11 is 0. The molecule has 0 radical (unpaired) electrons. The van der Waals surface area contributed by atoms with Crippen molar-refractivity contribution in [3.05, 3.63) is 77.4 Å². The Morgan fingerprint density at radius 2 is 1.86 bits per heavy atom. The number of nitrogens with zero attached hydrogens (tertiary/aromatic N) is 3. The molecule has 0 aliphatic rings. The number of benzene rings is 1. The molecule has 0 spiro atoms. The average molecular weight is 375 g/mol. The van der Waals surface area contributed by atoms with Crippen molar-refractivity contribution >= 4 is 17.5 Å². The second kappa shape index (κ2) is 8.17. The van der Waals surface area contributed by atoms with Crippen molar-refractivity contribution in [2.24, 2.45) is 0 Å². The van der Waals surface area contributed by atoms with E-state index in [9.17, 15) is 4.79 Å². The number of hydrogen-bond acceptors (Lipinski definition) is 5. The Balaban J connectivity index is 1.78. The molecule has 3 aromatic rings. The number of rotatable bonds is 5. The Bertz CT molecular complexity index is 964. The van der Waals surface area contributed by atoms with Crippen LogP contribution >= 0.6 is 0 Å². The van der Waals surface area contributed by atoms with E-state index in [1.54, 1.807) is 18.5 Å². The third-order valence-electron chi connectivity index (χ3n) is 4.24. The molecule has 0 unspecified atom stereocenters. The van der Waals surface area contributed by atoms with Crippen molar-refractivity contribution in [1.29, 1.82) is 0 Å². The minimum atomic E-state index is -0.258. The number of anilines is 2. The van der Waals surface area contributed by atoms with Gasteiger partial charge in [-0.05, 0) is 41.7 Å². The highest BCUT2D eigenvalue weighted by Crippen LogP contribution is 2.29. The Morgan fingerprint density at radius 1 is 1.07 bits per heavy atom. The Morgan fingerprint density at radius 3 is 2.57 bits per heavy atom. The SMILES string of the molecule is Cc1cc(C(=O)Nc2ccccc2C(C)(C)C)nc(NCc2cccnc2)n1. The van der Waals surface area contributed by atoms with Crippen molar-refractivity contribution in [3.8, 4) is 0 Å². The van der Waals surface area contributed by atoms with E-state index in [-0.39, 0.29) is 11.3 Å². The number of aryl methyl sites for hydroxylation is 1. The Labute approximate surface area is 165 Å². The predicted octanol–water partition coefficient (Wildman–Crippen LogP) is 4.34. The molecule has 3 rings (SSSR count). The maximum atomic E-state index is 12.8. The summed E-state index contributed by atoms with van der Waals surface area (Å²) in [5.41, 5.74) is 3.84. The van der Waals surface area contributed by atoms with Crippen LogP contribution in [0.5, 0.6) is 0 Å². The minimum absolute atomic E-state index is 0.0815. The number of aromatic nitrogens is 3. The monoisotopic (exact) mass is 375 g/mol. The summed E-state index contributed by atoms with van der Waals surface area (Å²) in [7, 11) is 0. The zero-order chi connectivity index (χ0) is 20.1. The third kappa shape index (κ3) is 4.91. The molecule has 1 amide bonds. The fourth-order valence-electron chi connectivity index (χ4n) is 2.88. The van der Waals surface area contributed by atoms with Crippen LogP contribution in [-0.4, -0.2) is 20.9 Å².